The number of nitrogens with two attached hydrogens (primary N) is 1. The molecule has 1 aliphatic rings. The molecule has 0 bridgehead atoms. The van der Waals surface area contributed by atoms with Crippen LogP contribution in [0.2, 0.25) is 0 Å². The number of nitrogen functional groups attached to an aromatic ring is 1. The molecule has 0 amide bonds. The minimum atomic E-state index is 0.250. The van der Waals surface area contributed by atoms with E-state index in [4.69, 9.17) is 15.5 Å². The number of hydrogen-bond donors (Lipinski definition) is 1. The van der Waals surface area contributed by atoms with Gasteiger partial charge in [0.15, 0.2) is 5.16 Å². The fourth-order valence-corrected chi connectivity index (χ4v) is 5.31. The van der Waals surface area contributed by atoms with E-state index in [2.05, 4.69) is 43.1 Å². The second-order valence-electron chi connectivity index (χ2n) is 6.96. The largest absolute Gasteiger partial charge is 0.383 e. The van der Waals surface area contributed by atoms with Crippen LogP contribution in [-0.2, 0) is 24.2 Å². The lowest BCUT2D eigenvalue weighted by atomic mass is 9.96. The fourth-order valence-electron chi connectivity index (χ4n) is 3.28. The molecule has 0 aliphatic carbocycles. The first-order valence-corrected chi connectivity index (χ1v) is 10.8. The summed E-state index contributed by atoms with van der Waals surface area (Å²) in [6, 6.07) is 10.5. The van der Waals surface area contributed by atoms with Gasteiger partial charge in [-0.25, -0.2) is 9.97 Å². The Labute approximate surface area is 162 Å². The van der Waals surface area contributed by atoms with E-state index < -0.39 is 0 Å². The molecule has 3 heterocycles. The van der Waals surface area contributed by atoms with Gasteiger partial charge in [-0.3, -0.25) is 0 Å². The number of nitrogens with zero attached hydrogens (tertiary/aromatic N) is 2. The van der Waals surface area contributed by atoms with Crippen molar-refractivity contribution in [3.8, 4) is 0 Å². The zero-order valence-corrected chi connectivity index (χ0v) is 16.7. The number of aryl methyl sites for hydroxylation is 1. The van der Waals surface area contributed by atoms with Crippen molar-refractivity contribution in [1.29, 1.82) is 0 Å². The van der Waals surface area contributed by atoms with E-state index in [1.165, 1.54) is 16.0 Å². The number of hydrogen-bond acceptors (Lipinski definition) is 6. The van der Waals surface area contributed by atoms with Gasteiger partial charge in [0.1, 0.15) is 10.6 Å². The van der Waals surface area contributed by atoms with Crippen molar-refractivity contribution in [2.75, 3.05) is 11.5 Å². The van der Waals surface area contributed by atoms with Crippen molar-refractivity contribution in [3.05, 3.63) is 46.3 Å². The zero-order chi connectivity index (χ0) is 18.1. The molecule has 0 unspecified atom stereocenters. The lowest BCUT2D eigenvalue weighted by Crippen LogP contribution is -2.26. The van der Waals surface area contributed by atoms with Crippen LogP contribution in [-0.4, -0.2) is 21.8 Å². The molecule has 6 heteroatoms. The summed E-state index contributed by atoms with van der Waals surface area (Å²) in [7, 11) is 0. The minimum Gasteiger partial charge on any atom is -0.383 e. The molecule has 0 saturated heterocycles. The molecule has 4 nitrogen and oxygen atoms in total. The summed E-state index contributed by atoms with van der Waals surface area (Å²) in [6.45, 7) is 5.06. The maximum Gasteiger partial charge on any atom is 0.190 e. The highest BCUT2D eigenvalue weighted by molar-refractivity contribution is 7.99. The van der Waals surface area contributed by atoms with E-state index in [0.717, 1.165) is 34.0 Å². The average molecular weight is 386 g/mol. The number of aromatic nitrogens is 2. The maximum absolute atomic E-state index is 6.33. The number of thioether (sulfide) groups is 1. The van der Waals surface area contributed by atoms with E-state index in [1.54, 1.807) is 23.1 Å². The molecule has 1 atom stereocenters. The van der Waals surface area contributed by atoms with Crippen LogP contribution in [0, 0.1) is 5.92 Å². The maximum atomic E-state index is 6.33. The Morgan fingerprint density at radius 2 is 2.08 bits per heavy atom. The molecular weight excluding hydrogens is 362 g/mol. The first-order valence-electron chi connectivity index (χ1n) is 8.98. The van der Waals surface area contributed by atoms with Gasteiger partial charge in [0.2, 0.25) is 0 Å². The van der Waals surface area contributed by atoms with Gasteiger partial charge in [-0.2, -0.15) is 0 Å². The predicted octanol–water partition coefficient (Wildman–Crippen LogP) is 4.71. The van der Waals surface area contributed by atoms with Crippen molar-refractivity contribution in [3.63, 3.8) is 0 Å². The Hall–Kier alpha value is -1.63. The van der Waals surface area contributed by atoms with Gasteiger partial charge in [-0.1, -0.05) is 55.9 Å². The Morgan fingerprint density at radius 1 is 1.27 bits per heavy atom. The van der Waals surface area contributed by atoms with Gasteiger partial charge in [0.25, 0.3) is 0 Å². The Balaban J connectivity index is 1.54. The lowest BCUT2D eigenvalue weighted by Gasteiger charge is -2.26. The van der Waals surface area contributed by atoms with Crippen molar-refractivity contribution < 1.29 is 4.74 Å². The Bertz CT molecular complexity index is 908. The second-order valence-corrected chi connectivity index (χ2v) is 9.10. The van der Waals surface area contributed by atoms with Crippen LogP contribution in [0.25, 0.3) is 10.2 Å². The van der Waals surface area contributed by atoms with Crippen molar-refractivity contribution in [1.82, 2.24) is 9.97 Å². The number of benzene rings is 1. The molecule has 1 aromatic carbocycles. The predicted molar refractivity (Wildman–Crippen MR) is 110 cm³/mol. The molecule has 2 aromatic heterocycles. The highest BCUT2D eigenvalue weighted by Gasteiger charge is 2.27. The van der Waals surface area contributed by atoms with Crippen LogP contribution in [0.1, 0.15) is 29.9 Å². The van der Waals surface area contributed by atoms with Gasteiger partial charge in [-0.15, -0.1) is 11.3 Å². The minimum absolute atomic E-state index is 0.250. The second kappa shape index (κ2) is 7.55. The molecule has 1 aliphatic heterocycles. The number of fused-ring (bicyclic) bond motifs is 3. The molecule has 4 rings (SSSR count). The van der Waals surface area contributed by atoms with Crippen LogP contribution < -0.4 is 5.73 Å². The number of anilines is 1. The van der Waals surface area contributed by atoms with E-state index in [-0.39, 0.29) is 6.10 Å². The van der Waals surface area contributed by atoms with Crippen molar-refractivity contribution >= 4 is 39.1 Å². The highest BCUT2D eigenvalue weighted by atomic mass is 32.2. The zero-order valence-electron chi connectivity index (χ0n) is 15.1. The molecule has 136 valence electrons. The Morgan fingerprint density at radius 3 is 2.85 bits per heavy atom. The molecular formula is C20H23N3OS2. The van der Waals surface area contributed by atoms with Crippen LogP contribution in [0.15, 0.2) is 35.5 Å². The standard InChI is InChI=1S/C20H23N3OS2/c1-12(2)15-10-14-16(11-24-15)26-19-17(14)18(21)22-20(23-19)25-9-8-13-6-4-3-5-7-13/h3-7,12,15H,8-11H2,1-2H3,(H2,21,22,23)/t15-/m0/s1. The summed E-state index contributed by atoms with van der Waals surface area (Å²) in [5.74, 6) is 2.05. The lowest BCUT2D eigenvalue weighted by molar-refractivity contribution is 0.00203. The number of rotatable bonds is 5. The molecule has 2 N–H and O–H groups in total. The van der Waals surface area contributed by atoms with Gasteiger partial charge in [-0.05, 0) is 23.5 Å². The van der Waals surface area contributed by atoms with Crippen molar-refractivity contribution in [2.45, 2.75) is 44.6 Å². The van der Waals surface area contributed by atoms with Gasteiger partial charge < -0.3 is 10.5 Å². The third-order valence-corrected chi connectivity index (χ3v) is 6.73. The number of ether oxygens (including phenoxy) is 1. The first-order chi connectivity index (χ1) is 12.6. The monoisotopic (exact) mass is 385 g/mol. The van der Waals surface area contributed by atoms with Crippen LogP contribution >= 0.6 is 23.1 Å². The molecule has 0 fully saturated rings. The van der Waals surface area contributed by atoms with Crippen LogP contribution in [0.3, 0.4) is 0 Å². The summed E-state index contributed by atoms with van der Waals surface area (Å²) >= 11 is 3.37. The molecule has 0 radical (unpaired) electrons. The Kier molecular flexibility index (Phi) is 5.16. The summed E-state index contributed by atoms with van der Waals surface area (Å²) < 4.78 is 6.00. The topological polar surface area (TPSA) is 61.0 Å². The first kappa shape index (κ1) is 17.8. The third-order valence-electron chi connectivity index (χ3n) is 4.78. The quantitative estimate of drug-likeness (QED) is 0.509. The molecule has 0 saturated carbocycles. The SMILES string of the molecule is CC(C)[C@@H]1Cc2c(sc3nc(SCCc4ccccc4)nc(N)c23)CO1. The third kappa shape index (κ3) is 3.59. The van der Waals surface area contributed by atoms with E-state index in [9.17, 15) is 0 Å². The summed E-state index contributed by atoms with van der Waals surface area (Å²) in [6.07, 6.45) is 2.15. The van der Waals surface area contributed by atoms with Crippen LogP contribution in [0.5, 0.6) is 0 Å². The van der Waals surface area contributed by atoms with Gasteiger partial charge in [0.05, 0.1) is 18.1 Å². The number of thiophene rings is 1. The van der Waals surface area contributed by atoms with Crippen LogP contribution in [0.4, 0.5) is 5.82 Å². The van der Waals surface area contributed by atoms with E-state index >= 15 is 0 Å². The summed E-state index contributed by atoms with van der Waals surface area (Å²) in [4.78, 5) is 11.6. The summed E-state index contributed by atoms with van der Waals surface area (Å²) in [5.41, 5.74) is 8.96. The molecule has 3 aromatic rings. The van der Waals surface area contributed by atoms with Crippen molar-refractivity contribution in [2.24, 2.45) is 5.92 Å². The average Bonchev–Trinajstić information content (AvgIpc) is 3.00. The van der Waals surface area contributed by atoms with E-state index in [1.807, 2.05) is 6.07 Å². The highest BCUT2D eigenvalue weighted by Crippen LogP contribution is 2.39. The van der Waals surface area contributed by atoms with Gasteiger partial charge in [0, 0.05) is 17.1 Å². The van der Waals surface area contributed by atoms with Gasteiger partial charge >= 0.3 is 0 Å². The smallest absolute Gasteiger partial charge is 0.190 e. The molecule has 26 heavy (non-hydrogen) atoms. The summed E-state index contributed by atoms with van der Waals surface area (Å²) in [5, 5.41) is 1.82. The molecule has 0 spiro atoms. The fraction of sp³-hybridized carbons (Fsp3) is 0.400. The van der Waals surface area contributed by atoms with E-state index in [0.29, 0.717) is 18.3 Å². The normalized spacial score (nSPS) is 17.0.